The van der Waals surface area contributed by atoms with Gasteiger partial charge in [0.15, 0.2) is 0 Å². The Kier molecular flexibility index (Phi) is 6.92. The summed E-state index contributed by atoms with van der Waals surface area (Å²) in [5.74, 6) is -0.0968. The average Bonchev–Trinajstić information content (AvgIpc) is 2.50. The van der Waals surface area contributed by atoms with E-state index in [9.17, 15) is 9.59 Å². The van der Waals surface area contributed by atoms with Crippen LogP contribution in [-0.2, 0) is 16.1 Å². The first kappa shape index (κ1) is 17.2. The minimum Gasteiger partial charge on any atom is -0.354 e. The number of carbonyl (C=O) groups is 2. The quantitative estimate of drug-likeness (QED) is 0.839. The van der Waals surface area contributed by atoms with E-state index in [2.05, 4.69) is 5.32 Å². The van der Waals surface area contributed by atoms with Crippen molar-refractivity contribution in [3.8, 4) is 0 Å². The predicted molar refractivity (Wildman–Crippen MR) is 84.8 cm³/mol. The predicted octanol–water partition coefficient (Wildman–Crippen LogP) is 2.65. The minimum atomic E-state index is -0.453. The number of benzene rings is 1. The van der Waals surface area contributed by atoms with Gasteiger partial charge in [-0.3, -0.25) is 9.59 Å². The highest BCUT2D eigenvalue weighted by atomic mass is 16.2. The van der Waals surface area contributed by atoms with Crippen LogP contribution in [0.1, 0.15) is 44.7 Å². The molecule has 0 bridgehead atoms. The maximum absolute atomic E-state index is 12.1. The molecule has 116 valence electrons. The first-order valence-corrected chi connectivity index (χ1v) is 7.62. The SMILES string of the molecule is CCCNC(=O)C(C)N(Cc1ccc(C)cc1)C(=O)CC. The highest BCUT2D eigenvalue weighted by molar-refractivity contribution is 5.87. The van der Waals surface area contributed by atoms with Crippen molar-refractivity contribution in [3.05, 3.63) is 35.4 Å². The lowest BCUT2D eigenvalue weighted by atomic mass is 10.1. The summed E-state index contributed by atoms with van der Waals surface area (Å²) >= 11 is 0. The van der Waals surface area contributed by atoms with Crippen molar-refractivity contribution >= 4 is 11.8 Å². The number of aryl methyl sites for hydroxylation is 1. The Labute approximate surface area is 127 Å². The molecule has 1 rings (SSSR count). The smallest absolute Gasteiger partial charge is 0.242 e. The molecule has 0 aromatic heterocycles. The van der Waals surface area contributed by atoms with E-state index in [1.54, 1.807) is 11.8 Å². The summed E-state index contributed by atoms with van der Waals surface area (Å²) in [5.41, 5.74) is 2.22. The van der Waals surface area contributed by atoms with Gasteiger partial charge in [0, 0.05) is 19.5 Å². The van der Waals surface area contributed by atoms with Gasteiger partial charge in [0.2, 0.25) is 11.8 Å². The highest BCUT2D eigenvalue weighted by Gasteiger charge is 2.24. The highest BCUT2D eigenvalue weighted by Crippen LogP contribution is 2.11. The summed E-state index contributed by atoms with van der Waals surface area (Å²) in [6.45, 7) is 8.75. The van der Waals surface area contributed by atoms with E-state index in [4.69, 9.17) is 0 Å². The van der Waals surface area contributed by atoms with Crippen LogP contribution >= 0.6 is 0 Å². The summed E-state index contributed by atoms with van der Waals surface area (Å²) in [6, 6.07) is 7.59. The fourth-order valence-corrected chi connectivity index (χ4v) is 2.07. The molecule has 0 radical (unpaired) electrons. The number of carbonyl (C=O) groups excluding carboxylic acids is 2. The van der Waals surface area contributed by atoms with Gasteiger partial charge in [0.1, 0.15) is 6.04 Å². The third kappa shape index (κ3) is 5.21. The van der Waals surface area contributed by atoms with Gasteiger partial charge in [0.25, 0.3) is 0 Å². The third-order valence-electron chi connectivity index (χ3n) is 3.49. The van der Waals surface area contributed by atoms with Crippen LogP contribution in [0.15, 0.2) is 24.3 Å². The summed E-state index contributed by atoms with van der Waals surface area (Å²) in [5, 5.41) is 2.85. The van der Waals surface area contributed by atoms with Gasteiger partial charge in [-0.05, 0) is 25.8 Å². The molecule has 0 saturated heterocycles. The zero-order chi connectivity index (χ0) is 15.8. The molecule has 0 aliphatic carbocycles. The number of rotatable bonds is 7. The number of amides is 2. The summed E-state index contributed by atoms with van der Waals surface area (Å²) in [7, 11) is 0. The van der Waals surface area contributed by atoms with Crippen LogP contribution in [0.3, 0.4) is 0 Å². The van der Waals surface area contributed by atoms with Gasteiger partial charge in [-0.25, -0.2) is 0 Å². The molecular weight excluding hydrogens is 264 g/mol. The molecule has 1 unspecified atom stereocenters. The van der Waals surface area contributed by atoms with E-state index < -0.39 is 6.04 Å². The molecule has 0 heterocycles. The van der Waals surface area contributed by atoms with Crippen LogP contribution in [0.4, 0.5) is 0 Å². The molecule has 1 aromatic rings. The average molecular weight is 290 g/mol. The van der Waals surface area contributed by atoms with Crippen LogP contribution in [0.5, 0.6) is 0 Å². The van der Waals surface area contributed by atoms with Gasteiger partial charge in [-0.1, -0.05) is 43.7 Å². The number of nitrogens with one attached hydrogen (secondary N) is 1. The molecule has 0 fully saturated rings. The molecule has 1 aromatic carbocycles. The van der Waals surface area contributed by atoms with Gasteiger partial charge in [-0.2, -0.15) is 0 Å². The first-order valence-electron chi connectivity index (χ1n) is 7.62. The fraction of sp³-hybridized carbons (Fsp3) is 0.529. The van der Waals surface area contributed by atoms with E-state index in [1.165, 1.54) is 5.56 Å². The molecule has 1 N–H and O–H groups in total. The third-order valence-corrected chi connectivity index (χ3v) is 3.49. The second kappa shape index (κ2) is 8.45. The lowest BCUT2D eigenvalue weighted by molar-refractivity contribution is -0.140. The molecule has 21 heavy (non-hydrogen) atoms. The van der Waals surface area contributed by atoms with Crippen LogP contribution < -0.4 is 5.32 Å². The lowest BCUT2D eigenvalue weighted by Gasteiger charge is -2.28. The Hall–Kier alpha value is -1.84. The van der Waals surface area contributed by atoms with Gasteiger partial charge in [-0.15, -0.1) is 0 Å². The molecule has 4 nitrogen and oxygen atoms in total. The van der Waals surface area contributed by atoms with Crippen LogP contribution in [0.25, 0.3) is 0 Å². The molecular formula is C17H26N2O2. The van der Waals surface area contributed by atoms with Gasteiger partial charge >= 0.3 is 0 Å². The lowest BCUT2D eigenvalue weighted by Crippen LogP contribution is -2.47. The van der Waals surface area contributed by atoms with E-state index in [0.29, 0.717) is 19.5 Å². The molecule has 1 atom stereocenters. The number of hydrogen-bond donors (Lipinski definition) is 1. The maximum Gasteiger partial charge on any atom is 0.242 e. The van der Waals surface area contributed by atoms with Crippen molar-refractivity contribution in [2.75, 3.05) is 6.54 Å². The Balaban J connectivity index is 2.82. The molecule has 2 amide bonds. The monoisotopic (exact) mass is 290 g/mol. The molecule has 0 aliphatic heterocycles. The van der Waals surface area contributed by atoms with Crippen LogP contribution in [0.2, 0.25) is 0 Å². The molecule has 0 saturated carbocycles. The maximum atomic E-state index is 12.1. The summed E-state index contributed by atoms with van der Waals surface area (Å²) in [4.78, 5) is 25.9. The second-order valence-corrected chi connectivity index (χ2v) is 5.33. The van der Waals surface area contributed by atoms with Gasteiger partial charge < -0.3 is 10.2 Å². The second-order valence-electron chi connectivity index (χ2n) is 5.33. The van der Waals surface area contributed by atoms with E-state index in [0.717, 1.165) is 12.0 Å². The first-order chi connectivity index (χ1) is 9.99. The van der Waals surface area contributed by atoms with E-state index in [1.807, 2.05) is 45.0 Å². The zero-order valence-electron chi connectivity index (χ0n) is 13.5. The largest absolute Gasteiger partial charge is 0.354 e. The molecule has 4 heteroatoms. The Bertz CT molecular complexity index is 468. The minimum absolute atomic E-state index is 0.00489. The van der Waals surface area contributed by atoms with Crippen molar-refractivity contribution in [1.29, 1.82) is 0 Å². The Morgan fingerprint density at radius 3 is 2.33 bits per heavy atom. The fourth-order valence-electron chi connectivity index (χ4n) is 2.07. The van der Waals surface area contributed by atoms with Crippen molar-refractivity contribution in [1.82, 2.24) is 10.2 Å². The van der Waals surface area contributed by atoms with Crippen molar-refractivity contribution < 1.29 is 9.59 Å². The summed E-state index contributed by atoms with van der Waals surface area (Å²) < 4.78 is 0. The Morgan fingerprint density at radius 1 is 1.19 bits per heavy atom. The molecule has 0 spiro atoms. The van der Waals surface area contributed by atoms with Crippen LogP contribution in [0, 0.1) is 6.92 Å². The molecule has 0 aliphatic rings. The van der Waals surface area contributed by atoms with Crippen molar-refractivity contribution in [2.45, 2.75) is 53.1 Å². The number of hydrogen-bond acceptors (Lipinski definition) is 2. The Morgan fingerprint density at radius 2 is 1.81 bits per heavy atom. The summed E-state index contributed by atoms with van der Waals surface area (Å²) in [6.07, 6.45) is 1.29. The zero-order valence-corrected chi connectivity index (χ0v) is 13.5. The van der Waals surface area contributed by atoms with Gasteiger partial charge in [0.05, 0.1) is 0 Å². The van der Waals surface area contributed by atoms with E-state index >= 15 is 0 Å². The normalized spacial score (nSPS) is 11.8. The number of nitrogens with zero attached hydrogens (tertiary/aromatic N) is 1. The van der Waals surface area contributed by atoms with Crippen molar-refractivity contribution in [2.24, 2.45) is 0 Å². The van der Waals surface area contributed by atoms with Crippen molar-refractivity contribution in [3.63, 3.8) is 0 Å². The standard InChI is InChI=1S/C17H26N2O2/c1-5-11-18-17(21)14(4)19(16(20)6-2)12-15-9-7-13(3)8-10-15/h7-10,14H,5-6,11-12H2,1-4H3,(H,18,21). The van der Waals surface area contributed by atoms with Crippen LogP contribution in [-0.4, -0.2) is 29.3 Å². The topological polar surface area (TPSA) is 49.4 Å². The van der Waals surface area contributed by atoms with E-state index in [-0.39, 0.29) is 11.8 Å².